The molecule has 2 N–H and O–H groups in total. The fourth-order valence-electron chi connectivity index (χ4n) is 4.10. The number of benzene rings is 3. The van der Waals surface area contributed by atoms with E-state index in [1.54, 1.807) is 25.1 Å². The molecule has 3 aromatic carbocycles. The SMILES string of the molecule is CCN(C(=O)C(Cc1cc(F)cc(F)c1)NC(=O)O)c1ccc2oc(=O)n(Cc3ccccc3)c2c1. The first-order valence-corrected chi connectivity index (χ1v) is 11.2. The van der Waals surface area contributed by atoms with Crippen LogP contribution in [0.5, 0.6) is 0 Å². The van der Waals surface area contributed by atoms with E-state index in [9.17, 15) is 28.3 Å². The fourth-order valence-corrected chi connectivity index (χ4v) is 4.10. The molecule has 0 bridgehead atoms. The van der Waals surface area contributed by atoms with E-state index in [0.29, 0.717) is 22.9 Å². The van der Waals surface area contributed by atoms with Crippen molar-refractivity contribution in [1.29, 1.82) is 0 Å². The predicted octanol–water partition coefficient (Wildman–Crippen LogP) is 4.15. The zero-order valence-electron chi connectivity index (χ0n) is 19.3. The van der Waals surface area contributed by atoms with Gasteiger partial charge in [0.05, 0.1) is 12.1 Å². The van der Waals surface area contributed by atoms with Gasteiger partial charge in [-0.3, -0.25) is 9.36 Å². The first-order chi connectivity index (χ1) is 17.2. The van der Waals surface area contributed by atoms with E-state index in [-0.39, 0.29) is 25.1 Å². The van der Waals surface area contributed by atoms with Crippen molar-refractivity contribution in [2.45, 2.75) is 25.9 Å². The molecule has 1 heterocycles. The Morgan fingerprint density at radius 3 is 2.36 bits per heavy atom. The molecule has 8 nitrogen and oxygen atoms in total. The summed E-state index contributed by atoms with van der Waals surface area (Å²) in [6.07, 6.45) is -1.72. The van der Waals surface area contributed by atoms with Crippen molar-refractivity contribution in [1.82, 2.24) is 9.88 Å². The smallest absolute Gasteiger partial charge is 0.420 e. The molecule has 0 saturated carbocycles. The van der Waals surface area contributed by atoms with Gasteiger partial charge in [0.2, 0.25) is 5.91 Å². The summed E-state index contributed by atoms with van der Waals surface area (Å²) in [4.78, 5) is 38.7. The second-order valence-electron chi connectivity index (χ2n) is 8.16. The number of hydrogen-bond donors (Lipinski definition) is 2. The number of carbonyl (C=O) groups is 2. The first-order valence-electron chi connectivity index (χ1n) is 11.2. The van der Waals surface area contributed by atoms with E-state index in [4.69, 9.17) is 4.42 Å². The maximum Gasteiger partial charge on any atom is 0.420 e. The van der Waals surface area contributed by atoms with Crippen LogP contribution in [0.1, 0.15) is 18.1 Å². The largest absolute Gasteiger partial charge is 0.465 e. The Kier molecular flexibility index (Phi) is 7.14. The number of carbonyl (C=O) groups excluding carboxylic acids is 1. The molecule has 0 fully saturated rings. The van der Waals surface area contributed by atoms with Crippen LogP contribution in [0.25, 0.3) is 11.1 Å². The lowest BCUT2D eigenvalue weighted by molar-refractivity contribution is -0.120. The third kappa shape index (κ3) is 5.43. The van der Waals surface area contributed by atoms with Crippen molar-refractivity contribution in [3.8, 4) is 0 Å². The van der Waals surface area contributed by atoms with Crippen LogP contribution in [-0.4, -0.2) is 34.3 Å². The van der Waals surface area contributed by atoms with E-state index in [1.807, 2.05) is 30.3 Å². The van der Waals surface area contributed by atoms with Crippen LogP contribution < -0.4 is 16.0 Å². The molecule has 4 aromatic rings. The number of aromatic nitrogens is 1. The molecule has 2 amide bonds. The molecule has 0 radical (unpaired) electrons. The third-order valence-corrected chi connectivity index (χ3v) is 5.69. The average Bonchev–Trinajstić information content (AvgIpc) is 3.13. The molecule has 186 valence electrons. The molecule has 1 unspecified atom stereocenters. The molecule has 0 aliphatic heterocycles. The second kappa shape index (κ2) is 10.4. The summed E-state index contributed by atoms with van der Waals surface area (Å²) in [6.45, 7) is 2.12. The molecule has 0 aliphatic rings. The summed E-state index contributed by atoms with van der Waals surface area (Å²) < 4.78 is 34.1. The number of fused-ring (bicyclic) bond motifs is 1. The molecule has 4 rings (SSSR count). The summed E-state index contributed by atoms with van der Waals surface area (Å²) in [5.41, 5.74) is 2.20. The van der Waals surface area contributed by atoms with Crippen LogP contribution in [0, 0.1) is 11.6 Å². The van der Waals surface area contributed by atoms with Crippen molar-refractivity contribution < 1.29 is 27.9 Å². The van der Waals surface area contributed by atoms with Crippen molar-refractivity contribution >= 4 is 28.8 Å². The van der Waals surface area contributed by atoms with E-state index in [2.05, 4.69) is 5.32 Å². The monoisotopic (exact) mass is 495 g/mol. The lowest BCUT2D eigenvalue weighted by atomic mass is 10.0. The maximum absolute atomic E-state index is 13.7. The Labute approximate surface area is 204 Å². The molecule has 1 aromatic heterocycles. The fraction of sp³-hybridized carbons (Fsp3) is 0.192. The van der Waals surface area contributed by atoms with Gasteiger partial charge in [0.25, 0.3) is 0 Å². The number of anilines is 1. The summed E-state index contributed by atoms with van der Waals surface area (Å²) in [6, 6.07) is 15.5. The van der Waals surface area contributed by atoms with Gasteiger partial charge in [0.1, 0.15) is 17.7 Å². The summed E-state index contributed by atoms with van der Waals surface area (Å²) in [5.74, 6) is -2.84. The van der Waals surface area contributed by atoms with Gasteiger partial charge < -0.3 is 19.7 Å². The summed E-state index contributed by atoms with van der Waals surface area (Å²) in [5, 5.41) is 11.4. The molecule has 36 heavy (non-hydrogen) atoms. The van der Waals surface area contributed by atoms with Gasteiger partial charge >= 0.3 is 11.8 Å². The Bertz CT molecular complexity index is 1450. The van der Waals surface area contributed by atoms with Crippen LogP contribution in [-0.2, 0) is 17.8 Å². The highest BCUT2D eigenvalue weighted by atomic mass is 19.1. The minimum absolute atomic E-state index is 0.123. The highest BCUT2D eigenvalue weighted by Crippen LogP contribution is 2.24. The number of oxazole rings is 1. The zero-order chi connectivity index (χ0) is 25.8. The van der Waals surface area contributed by atoms with Crippen molar-refractivity contribution in [2.24, 2.45) is 0 Å². The van der Waals surface area contributed by atoms with Crippen molar-refractivity contribution in [3.05, 3.63) is 100 Å². The molecular weight excluding hydrogens is 472 g/mol. The molecule has 0 spiro atoms. The van der Waals surface area contributed by atoms with Gasteiger partial charge in [-0.2, -0.15) is 0 Å². The quantitative estimate of drug-likeness (QED) is 0.382. The standard InChI is InChI=1S/C26H23F2N3O5/c1-2-30(24(32)21(29-25(33)34)12-17-10-18(27)13-19(28)11-17)20-8-9-23-22(14-20)31(26(35)36-23)15-16-6-4-3-5-7-16/h3-11,13-14,21,29H,2,12,15H2,1H3,(H,33,34). The zero-order valence-corrected chi connectivity index (χ0v) is 19.3. The van der Waals surface area contributed by atoms with Crippen LogP contribution in [0.2, 0.25) is 0 Å². The third-order valence-electron chi connectivity index (χ3n) is 5.69. The topological polar surface area (TPSA) is 105 Å². The lowest BCUT2D eigenvalue weighted by Crippen LogP contribution is -2.49. The molecule has 0 saturated heterocycles. The molecule has 10 heteroatoms. The highest BCUT2D eigenvalue weighted by Gasteiger charge is 2.27. The molecule has 0 aliphatic carbocycles. The minimum Gasteiger partial charge on any atom is -0.465 e. The van der Waals surface area contributed by atoms with E-state index < -0.39 is 35.4 Å². The number of halogens is 2. The minimum atomic E-state index is -1.46. The first kappa shape index (κ1) is 24.6. The van der Waals surface area contributed by atoms with Gasteiger partial charge in [-0.25, -0.2) is 18.4 Å². The van der Waals surface area contributed by atoms with E-state index in [1.165, 1.54) is 9.47 Å². The Balaban J connectivity index is 1.68. The van der Waals surface area contributed by atoms with Crippen LogP contribution >= 0.6 is 0 Å². The Morgan fingerprint density at radius 2 is 1.72 bits per heavy atom. The van der Waals surface area contributed by atoms with Gasteiger partial charge in [0.15, 0.2) is 5.58 Å². The number of nitrogens with zero attached hydrogens (tertiary/aromatic N) is 2. The number of likely N-dealkylation sites (N-methyl/N-ethyl adjacent to an activating group) is 1. The number of amides is 2. The normalized spacial score (nSPS) is 11.9. The van der Waals surface area contributed by atoms with Crippen molar-refractivity contribution in [2.75, 3.05) is 11.4 Å². The highest BCUT2D eigenvalue weighted by molar-refractivity contribution is 6.00. The molecular formula is C26H23F2N3O5. The van der Waals surface area contributed by atoms with Crippen LogP contribution in [0.15, 0.2) is 75.9 Å². The average molecular weight is 495 g/mol. The van der Waals surface area contributed by atoms with Crippen molar-refractivity contribution in [3.63, 3.8) is 0 Å². The van der Waals surface area contributed by atoms with Gasteiger partial charge in [-0.1, -0.05) is 30.3 Å². The number of rotatable bonds is 8. The number of nitrogens with one attached hydrogen (secondary N) is 1. The van der Waals surface area contributed by atoms with E-state index in [0.717, 1.165) is 17.7 Å². The molecule has 1 atom stereocenters. The Hall–Kier alpha value is -4.47. The maximum atomic E-state index is 13.7. The second-order valence-corrected chi connectivity index (χ2v) is 8.16. The lowest BCUT2D eigenvalue weighted by Gasteiger charge is -2.26. The predicted molar refractivity (Wildman–Crippen MR) is 129 cm³/mol. The van der Waals surface area contributed by atoms with Crippen LogP contribution in [0.4, 0.5) is 19.3 Å². The van der Waals surface area contributed by atoms with E-state index >= 15 is 0 Å². The van der Waals surface area contributed by atoms with Crippen LogP contribution in [0.3, 0.4) is 0 Å². The van der Waals surface area contributed by atoms with Gasteiger partial charge in [0, 0.05) is 24.7 Å². The summed E-state index contributed by atoms with van der Waals surface area (Å²) >= 11 is 0. The van der Waals surface area contributed by atoms with Gasteiger partial charge in [-0.15, -0.1) is 0 Å². The number of carboxylic acid groups (broad SMARTS) is 1. The Morgan fingerprint density at radius 1 is 1.03 bits per heavy atom. The summed E-state index contributed by atoms with van der Waals surface area (Å²) in [7, 11) is 0. The number of hydrogen-bond acceptors (Lipinski definition) is 4. The van der Waals surface area contributed by atoms with Gasteiger partial charge in [-0.05, 0) is 48.4 Å².